The van der Waals surface area contributed by atoms with Gasteiger partial charge in [0.2, 0.25) is 0 Å². The van der Waals surface area contributed by atoms with E-state index >= 15 is 0 Å². The lowest BCUT2D eigenvalue weighted by Gasteiger charge is -2.31. The molecule has 0 saturated carbocycles. The summed E-state index contributed by atoms with van der Waals surface area (Å²) in [4.78, 5) is 11.7. The molecule has 0 aliphatic rings. The van der Waals surface area contributed by atoms with Crippen molar-refractivity contribution < 1.29 is 41.0 Å². The molecule has 0 bridgehead atoms. The zero-order chi connectivity index (χ0) is 19.0. The van der Waals surface area contributed by atoms with Crippen molar-refractivity contribution in [1.29, 1.82) is 0 Å². The van der Waals surface area contributed by atoms with Crippen LogP contribution in [-0.2, 0) is 0 Å². The summed E-state index contributed by atoms with van der Waals surface area (Å²) in [6.07, 6.45) is -9.50. The number of halogens is 6. The molecule has 0 amide bonds. The summed E-state index contributed by atoms with van der Waals surface area (Å²) in [5.74, 6) is -0.620. The number of hydrogen-bond donors (Lipinski definition) is 1. The lowest BCUT2D eigenvalue weighted by atomic mass is 10.0. The van der Waals surface area contributed by atoms with Crippen LogP contribution in [0.1, 0.15) is 23.7 Å². The minimum Gasteiger partial charge on any atom is -0.488 e. The van der Waals surface area contributed by atoms with Crippen LogP contribution in [0.25, 0.3) is 5.52 Å². The summed E-state index contributed by atoms with van der Waals surface area (Å²) in [5.41, 5.74) is -4.43. The van der Waals surface area contributed by atoms with Crippen molar-refractivity contribution in [3.8, 4) is 5.75 Å². The Labute approximate surface area is 136 Å². The first-order valence-corrected chi connectivity index (χ1v) is 6.90. The number of hydrogen-bond acceptors (Lipinski definition) is 4. The first kappa shape index (κ1) is 19.0. The molecule has 2 aromatic rings. The third-order valence-electron chi connectivity index (χ3n) is 3.50. The fraction of sp³-hybridized carbons (Fsp3) is 0.429. The largest absolute Gasteiger partial charge is 0.488 e. The SMILES string of the molecule is CCC(=O)c1cnn2cc(OCC(O)(C(F)(F)F)C(F)(F)F)ccc12. The highest BCUT2D eigenvalue weighted by Crippen LogP contribution is 2.43. The van der Waals surface area contributed by atoms with Crippen molar-refractivity contribution in [3.05, 3.63) is 30.1 Å². The van der Waals surface area contributed by atoms with Gasteiger partial charge in [0.1, 0.15) is 12.4 Å². The van der Waals surface area contributed by atoms with Crippen LogP contribution < -0.4 is 4.74 Å². The molecule has 0 aliphatic carbocycles. The third-order valence-corrected chi connectivity index (χ3v) is 3.50. The van der Waals surface area contributed by atoms with Gasteiger partial charge in [0.15, 0.2) is 5.78 Å². The number of aromatic nitrogens is 2. The average Bonchev–Trinajstić information content (AvgIpc) is 2.92. The van der Waals surface area contributed by atoms with Crippen LogP contribution in [0.3, 0.4) is 0 Å². The monoisotopic (exact) mass is 370 g/mol. The van der Waals surface area contributed by atoms with E-state index in [0.717, 1.165) is 16.8 Å². The van der Waals surface area contributed by atoms with Crippen LogP contribution >= 0.6 is 0 Å². The van der Waals surface area contributed by atoms with Crippen molar-refractivity contribution in [2.45, 2.75) is 31.3 Å². The van der Waals surface area contributed by atoms with E-state index in [0.29, 0.717) is 5.52 Å². The topological polar surface area (TPSA) is 63.8 Å². The molecule has 0 atom stereocenters. The van der Waals surface area contributed by atoms with Crippen molar-refractivity contribution in [1.82, 2.24) is 9.61 Å². The summed E-state index contributed by atoms with van der Waals surface area (Å²) in [6, 6.07) is 2.35. The molecule has 0 aromatic carbocycles. The number of carbonyl (C=O) groups excluding carboxylic acids is 1. The smallest absolute Gasteiger partial charge is 0.429 e. The first-order chi connectivity index (χ1) is 11.4. The molecular formula is C14H12F6N2O3. The van der Waals surface area contributed by atoms with Crippen molar-refractivity contribution in [2.75, 3.05) is 6.61 Å². The molecule has 2 aromatic heterocycles. The van der Waals surface area contributed by atoms with E-state index < -0.39 is 30.3 Å². The van der Waals surface area contributed by atoms with Gasteiger partial charge in [-0.3, -0.25) is 4.79 Å². The molecule has 1 N–H and O–H groups in total. The maximum absolute atomic E-state index is 12.6. The Kier molecular flexibility index (Phi) is 4.73. The van der Waals surface area contributed by atoms with Gasteiger partial charge in [-0.15, -0.1) is 0 Å². The van der Waals surface area contributed by atoms with Gasteiger partial charge in [0.25, 0.3) is 5.60 Å². The lowest BCUT2D eigenvalue weighted by molar-refractivity contribution is -0.373. The second-order valence-corrected chi connectivity index (χ2v) is 5.17. The summed E-state index contributed by atoms with van der Waals surface area (Å²) in [6.45, 7) is -0.452. The van der Waals surface area contributed by atoms with Crippen LogP contribution in [0.2, 0.25) is 0 Å². The van der Waals surface area contributed by atoms with Crippen LogP contribution in [0.4, 0.5) is 26.3 Å². The second kappa shape index (κ2) is 6.21. The molecule has 0 unspecified atom stereocenters. The molecule has 0 saturated heterocycles. The molecular weight excluding hydrogens is 358 g/mol. The number of nitrogens with zero attached hydrogens (tertiary/aromatic N) is 2. The minimum absolute atomic E-state index is 0.198. The Morgan fingerprint density at radius 1 is 1.20 bits per heavy atom. The van der Waals surface area contributed by atoms with Gasteiger partial charge in [-0.05, 0) is 12.1 Å². The van der Waals surface area contributed by atoms with Gasteiger partial charge in [-0.1, -0.05) is 6.92 Å². The standard InChI is InChI=1S/C14H12F6N2O3/c1-2-11(23)9-5-21-22-6-8(3-4-10(9)22)25-7-12(24,13(15,16)17)14(18,19)20/h3-6,24H,2,7H2,1H3. The molecule has 2 rings (SSSR count). The number of ether oxygens (including phenoxy) is 1. The lowest BCUT2D eigenvalue weighted by Crippen LogP contribution is -2.60. The highest BCUT2D eigenvalue weighted by atomic mass is 19.4. The second-order valence-electron chi connectivity index (χ2n) is 5.17. The first-order valence-electron chi connectivity index (χ1n) is 6.90. The molecule has 25 heavy (non-hydrogen) atoms. The van der Waals surface area contributed by atoms with Crippen LogP contribution in [0, 0.1) is 0 Å². The fourth-order valence-electron chi connectivity index (χ4n) is 1.97. The average molecular weight is 370 g/mol. The fourth-order valence-corrected chi connectivity index (χ4v) is 1.97. The molecule has 0 spiro atoms. The predicted octanol–water partition coefficient (Wildman–Crippen LogP) is 3.16. The van der Waals surface area contributed by atoms with Gasteiger partial charge in [0, 0.05) is 6.42 Å². The quantitative estimate of drug-likeness (QED) is 0.649. The van der Waals surface area contributed by atoms with Gasteiger partial charge in [-0.25, -0.2) is 4.52 Å². The van der Waals surface area contributed by atoms with E-state index in [-0.39, 0.29) is 17.8 Å². The van der Waals surface area contributed by atoms with Crippen molar-refractivity contribution >= 4 is 11.3 Å². The number of aliphatic hydroxyl groups is 1. The van der Waals surface area contributed by atoms with E-state index in [1.807, 2.05) is 0 Å². The van der Waals surface area contributed by atoms with Gasteiger partial charge < -0.3 is 9.84 Å². The van der Waals surface area contributed by atoms with Gasteiger partial charge in [0.05, 0.1) is 23.5 Å². The minimum atomic E-state index is -5.97. The Bertz CT molecular complexity index is 767. The maximum atomic E-state index is 12.6. The highest BCUT2D eigenvalue weighted by Gasteiger charge is 2.71. The normalized spacial score (nSPS) is 13.3. The zero-order valence-corrected chi connectivity index (χ0v) is 12.6. The summed E-state index contributed by atoms with van der Waals surface area (Å²) in [5, 5.41) is 12.8. The maximum Gasteiger partial charge on any atom is 0.429 e. The van der Waals surface area contributed by atoms with Gasteiger partial charge in [-0.2, -0.15) is 31.4 Å². The highest BCUT2D eigenvalue weighted by molar-refractivity contribution is 6.01. The molecule has 5 nitrogen and oxygen atoms in total. The predicted molar refractivity (Wildman–Crippen MR) is 72.4 cm³/mol. The van der Waals surface area contributed by atoms with Crippen LogP contribution in [0.15, 0.2) is 24.5 Å². The molecule has 2 heterocycles. The molecule has 0 radical (unpaired) electrons. The number of ketones is 1. The van der Waals surface area contributed by atoms with E-state index in [9.17, 15) is 31.1 Å². The van der Waals surface area contributed by atoms with E-state index in [1.54, 1.807) is 6.92 Å². The molecule has 0 aliphatic heterocycles. The van der Waals surface area contributed by atoms with E-state index in [2.05, 4.69) is 9.84 Å². The van der Waals surface area contributed by atoms with Crippen LogP contribution in [-0.4, -0.2) is 45.1 Å². The van der Waals surface area contributed by atoms with Crippen molar-refractivity contribution in [2.24, 2.45) is 0 Å². The number of Topliss-reactive ketones (excluding diaryl/α,β-unsaturated/α-hetero) is 1. The Morgan fingerprint density at radius 3 is 2.32 bits per heavy atom. The van der Waals surface area contributed by atoms with E-state index in [4.69, 9.17) is 5.11 Å². The molecule has 11 heteroatoms. The molecule has 138 valence electrons. The molecule has 0 fully saturated rings. The number of carbonyl (C=O) groups is 1. The summed E-state index contributed by atoms with van der Waals surface area (Å²) >= 11 is 0. The van der Waals surface area contributed by atoms with Gasteiger partial charge >= 0.3 is 12.4 Å². The number of pyridine rings is 1. The van der Waals surface area contributed by atoms with Crippen molar-refractivity contribution in [3.63, 3.8) is 0 Å². The van der Waals surface area contributed by atoms with Crippen LogP contribution in [0.5, 0.6) is 5.75 Å². The Hall–Kier alpha value is -2.30. The number of rotatable bonds is 5. The Balaban J connectivity index is 2.27. The number of fused-ring (bicyclic) bond motifs is 1. The third kappa shape index (κ3) is 3.41. The zero-order valence-electron chi connectivity index (χ0n) is 12.6. The number of alkyl halides is 6. The van der Waals surface area contributed by atoms with E-state index in [1.165, 1.54) is 12.3 Å². The Morgan fingerprint density at radius 2 is 1.80 bits per heavy atom. The summed E-state index contributed by atoms with van der Waals surface area (Å²) in [7, 11) is 0. The summed E-state index contributed by atoms with van der Waals surface area (Å²) < 4.78 is 81.1.